The second kappa shape index (κ2) is 8.15. The Hall–Kier alpha value is -4.61. The first-order chi connectivity index (χ1) is 16.0. The van der Waals surface area contributed by atoms with Gasteiger partial charge < -0.3 is 0 Å². The highest BCUT2D eigenvalue weighted by molar-refractivity contribution is 6.31. The van der Waals surface area contributed by atoms with Gasteiger partial charge in [0.15, 0.2) is 5.84 Å². The Balaban J connectivity index is 1.62. The van der Waals surface area contributed by atoms with E-state index in [1.807, 2.05) is 42.5 Å². The Bertz CT molecular complexity index is 1460. The molecule has 0 bridgehead atoms. The average Bonchev–Trinajstić information content (AvgIpc) is 3.29. The molecule has 0 aliphatic carbocycles. The second-order valence-electron chi connectivity index (χ2n) is 7.31. The molecule has 0 saturated carbocycles. The van der Waals surface area contributed by atoms with Crippen molar-refractivity contribution in [1.82, 2.24) is 5.43 Å². The normalized spacial score (nSPS) is 12.9. The van der Waals surface area contributed by atoms with E-state index in [1.165, 1.54) is 17.3 Å². The molecule has 0 saturated heterocycles. The molecule has 0 aromatic heterocycles. The Morgan fingerprint density at radius 3 is 2.42 bits per heavy atom. The van der Waals surface area contributed by atoms with Crippen molar-refractivity contribution in [1.29, 1.82) is 5.26 Å². The first-order valence-corrected chi connectivity index (χ1v) is 10.3. The standard InChI is InChI=1S/C24H15ClN6O2/c25-20-12-22(14-23(13-20)31(32)33)30-28-24(18-7-5-16(15-26)6-8-18)27-29(30)21-10-9-17-3-1-2-4-19(17)11-21/h1-14H,(H,27,28). The molecule has 0 radical (unpaired) electrons. The number of fused-ring (bicyclic) bond motifs is 1. The predicted octanol–water partition coefficient (Wildman–Crippen LogP) is 5.38. The number of rotatable bonds is 4. The van der Waals surface area contributed by atoms with E-state index >= 15 is 0 Å². The van der Waals surface area contributed by atoms with Gasteiger partial charge in [0.1, 0.15) is 0 Å². The van der Waals surface area contributed by atoms with Crippen LogP contribution in [0.4, 0.5) is 17.1 Å². The minimum atomic E-state index is -0.496. The van der Waals surface area contributed by atoms with Crippen LogP contribution in [0, 0.1) is 21.4 Å². The maximum Gasteiger partial charge on any atom is 0.273 e. The zero-order valence-corrected chi connectivity index (χ0v) is 17.8. The van der Waals surface area contributed by atoms with Crippen LogP contribution in [0.5, 0.6) is 0 Å². The van der Waals surface area contributed by atoms with Gasteiger partial charge in [0.25, 0.3) is 5.69 Å². The molecule has 0 amide bonds. The van der Waals surface area contributed by atoms with Gasteiger partial charge in [-0.15, -0.1) is 5.10 Å². The van der Waals surface area contributed by atoms with Crippen molar-refractivity contribution in [3.63, 3.8) is 0 Å². The van der Waals surface area contributed by atoms with E-state index in [1.54, 1.807) is 35.4 Å². The molecule has 0 atom stereocenters. The highest BCUT2D eigenvalue weighted by Crippen LogP contribution is 2.32. The Morgan fingerprint density at radius 1 is 0.939 bits per heavy atom. The molecule has 1 heterocycles. The van der Waals surface area contributed by atoms with E-state index < -0.39 is 4.92 Å². The number of halogens is 1. The van der Waals surface area contributed by atoms with E-state index in [4.69, 9.17) is 16.9 Å². The van der Waals surface area contributed by atoms with Crippen LogP contribution in [-0.4, -0.2) is 10.8 Å². The number of nitro benzene ring substituents is 1. The van der Waals surface area contributed by atoms with Gasteiger partial charge in [-0.2, -0.15) is 15.5 Å². The first kappa shape index (κ1) is 20.3. The number of benzene rings is 4. The smallest absolute Gasteiger partial charge is 0.259 e. The number of hydrogen-bond acceptors (Lipinski definition) is 7. The lowest BCUT2D eigenvalue weighted by atomic mass is 10.1. The molecule has 4 aromatic rings. The van der Waals surface area contributed by atoms with E-state index in [-0.39, 0.29) is 10.7 Å². The second-order valence-corrected chi connectivity index (χ2v) is 7.74. The Kier molecular flexibility index (Phi) is 5.01. The molecule has 1 aliphatic heterocycles. The molecular formula is C24H15ClN6O2. The summed E-state index contributed by atoms with van der Waals surface area (Å²) in [7, 11) is 0. The third-order valence-electron chi connectivity index (χ3n) is 5.17. The maximum absolute atomic E-state index is 11.4. The third kappa shape index (κ3) is 3.89. The van der Waals surface area contributed by atoms with Crippen molar-refractivity contribution >= 4 is 45.3 Å². The first-order valence-electron chi connectivity index (χ1n) is 9.91. The van der Waals surface area contributed by atoms with E-state index in [9.17, 15) is 10.1 Å². The summed E-state index contributed by atoms with van der Waals surface area (Å²) in [6.45, 7) is 0. The molecule has 0 fully saturated rings. The van der Waals surface area contributed by atoms with Crippen LogP contribution in [0.25, 0.3) is 10.8 Å². The molecule has 0 unspecified atom stereocenters. The number of nitro groups is 1. The summed E-state index contributed by atoms with van der Waals surface area (Å²) in [6, 6.07) is 27.2. The number of nitrogens with one attached hydrogen (secondary N) is 1. The molecule has 33 heavy (non-hydrogen) atoms. The van der Waals surface area contributed by atoms with Crippen LogP contribution in [0.15, 0.2) is 90.0 Å². The van der Waals surface area contributed by atoms with E-state index in [0.29, 0.717) is 17.1 Å². The van der Waals surface area contributed by atoms with Crippen LogP contribution in [0.3, 0.4) is 0 Å². The lowest BCUT2D eigenvalue weighted by Gasteiger charge is -2.28. The molecule has 1 N–H and O–H groups in total. The lowest BCUT2D eigenvalue weighted by molar-refractivity contribution is -0.384. The van der Waals surface area contributed by atoms with Gasteiger partial charge in [0.05, 0.1) is 27.9 Å². The summed E-state index contributed by atoms with van der Waals surface area (Å²) < 4.78 is 0. The number of hydrazine groups is 2. The van der Waals surface area contributed by atoms with Gasteiger partial charge in [-0.25, -0.2) is 0 Å². The van der Waals surface area contributed by atoms with E-state index in [0.717, 1.165) is 22.0 Å². The summed E-state index contributed by atoms with van der Waals surface area (Å²) in [4.78, 5) is 10.9. The summed E-state index contributed by atoms with van der Waals surface area (Å²) in [5.74, 6) is 0.510. The number of amidine groups is 1. The van der Waals surface area contributed by atoms with Crippen molar-refractivity contribution in [2.45, 2.75) is 0 Å². The fourth-order valence-electron chi connectivity index (χ4n) is 3.57. The third-order valence-corrected chi connectivity index (χ3v) is 5.39. The summed E-state index contributed by atoms with van der Waals surface area (Å²) in [5, 5.41) is 30.7. The van der Waals surface area contributed by atoms with Crippen LogP contribution < -0.4 is 15.7 Å². The number of non-ortho nitro benzene ring substituents is 1. The van der Waals surface area contributed by atoms with Gasteiger partial charge in [-0.05, 0) is 53.2 Å². The van der Waals surface area contributed by atoms with Crippen molar-refractivity contribution in [3.05, 3.63) is 111 Å². The molecule has 5 rings (SSSR count). The zero-order chi connectivity index (χ0) is 22.9. The van der Waals surface area contributed by atoms with Crippen molar-refractivity contribution in [2.75, 3.05) is 10.2 Å². The molecule has 4 aromatic carbocycles. The van der Waals surface area contributed by atoms with Gasteiger partial charge in [0, 0.05) is 22.7 Å². The quantitative estimate of drug-likeness (QED) is 0.328. The monoisotopic (exact) mass is 454 g/mol. The fourth-order valence-corrected chi connectivity index (χ4v) is 3.79. The van der Waals surface area contributed by atoms with Crippen molar-refractivity contribution in [3.8, 4) is 6.07 Å². The molecule has 1 aliphatic rings. The van der Waals surface area contributed by atoms with Gasteiger partial charge in [-0.1, -0.05) is 41.9 Å². The topological polar surface area (TPSA) is 97.8 Å². The maximum atomic E-state index is 11.4. The SMILES string of the molecule is N#Cc1ccc(C2=NN(c3cc(Cl)cc([N+](=O)[O-])c3)N(c3ccc4ccccc4c3)N2)cc1. The van der Waals surface area contributed by atoms with Crippen LogP contribution in [-0.2, 0) is 0 Å². The predicted molar refractivity (Wildman–Crippen MR) is 128 cm³/mol. The van der Waals surface area contributed by atoms with Crippen molar-refractivity contribution in [2.24, 2.45) is 5.10 Å². The van der Waals surface area contributed by atoms with Gasteiger partial charge >= 0.3 is 0 Å². The highest BCUT2D eigenvalue weighted by Gasteiger charge is 2.28. The minimum absolute atomic E-state index is 0.141. The van der Waals surface area contributed by atoms with Crippen molar-refractivity contribution < 1.29 is 4.92 Å². The number of nitrogens with zero attached hydrogens (tertiary/aromatic N) is 5. The Morgan fingerprint density at radius 2 is 1.70 bits per heavy atom. The number of hydrazone groups is 1. The largest absolute Gasteiger partial charge is 0.273 e. The number of hydrogen-bond donors (Lipinski definition) is 1. The zero-order valence-electron chi connectivity index (χ0n) is 17.0. The Labute approximate surface area is 193 Å². The lowest BCUT2D eigenvalue weighted by Crippen LogP contribution is -2.44. The summed E-state index contributed by atoms with van der Waals surface area (Å²) >= 11 is 6.18. The molecule has 9 heteroatoms. The van der Waals surface area contributed by atoms with Gasteiger partial charge in [-0.3, -0.25) is 15.5 Å². The molecule has 0 spiro atoms. The molecule has 8 nitrogen and oxygen atoms in total. The summed E-state index contributed by atoms with van der Waals surface area (Å²) in [5.41, 5.74) is 5.58. The number of anilines is 2. The minimum Gasteiger partial charge on any atom is -0.259 e. The fraction of sp³-hybridized carbons (Fsp3) is 0. The molecular weight excluding hydrogens is 440 g/mol. The van der Waals surface area contributed by atoms with Gasteiger partial charge in [0.2, 0.25) is 0 Å². The van der Waals surface area contributed by atoms with Crippen LogP contribution in [0.2, 0.25) is 5.02 Å². The number of nitriles is 1. The van der Waals surface area contributed by atoms with Crippen LogP contribution in [0.1, 0.15) is 11.1 Å². The summed E-state index contributed by atoms with van der Waals surface area (Å²) in [6.07, 6.45) is 0. The average molecular weight is 455 g/mol. The van der Waals surface area contributed by atoms with E-state index in [2.05, 4.69) is 16.6 Å². The highest BCUT2D eigenvalue weighted by atomic mass is 35.5. The molecule has 160 valence electrons. The van der Waals surface area contributed by atoms with Crippen LogP contribution >= 0.6 is 11.6 Å².